The van der Waals surface area contributed by atoms with E-state index in [1.54, 1.807) is 11.3 Å². The van der Waals surface area contributed by atoms with E-state index in [1.807, 2.05) is 60.8 Å². The molecule has 0 amide bonds. The number of nitrogens with zero attached hydrogens (tertiary/aromatic N) is 2. The van der Waals surface area contributed by atoms with Crippen molar-refractivity contribution in [3.05, 3.63) is 76.2 Å². The third-order valence-electron chi connectivity index (χ3n) is 6.14. The molecule has 1 aromatic heterocycles. The summed E-state index contributed by atoms with van der Waals surface area (Å²) in [6.45, 7) is 7.86. The Morgan fingerprint density at radius 3 is 2.52 bits per heavy atom. The first-order valence-electron chi connectivity index (χ1n) is 11.4. The lowest BCUT2D eigenvalue weighted by molar-refractivity contribution is 0.217. The van der Waals surface area contributed by atoms with Crippen LogP contribution in [0.3, 0.4) is 0 Å². The zero-order valence-electron chi connectivity index (χ0n) is 19.5. The summed E-state index contributed by atoms with van der Waals surface area (Å²) < 4.78 is 11.5. The summed E-state index contributed by atoms with van der Waals surface area (Å²) in [5.41, 5.74) is 3.19. The minimum absolute atomic E-state index is 0.282. The average molecular weight is 459 g/mol. The van der Waals surface area contributed by atoms with E-state index in [9.17, 15) is 5.26 Å². The Balaban J connectivity index is 1.40. The number of fused-ring (bicyclic) bond motifs is 1. The normalized spacial score (nSPS) is 15.8. The van der Waals surface area contributed by atoms with Crippen LogP contribution in [0.4, 0.5) is 5.00 Å². The number of nitriles is 1. The number of thiophene rings is 1. The van der Waals surface area contributed by atoms with Crippen molar-refractivity contribution >= 4 is 22.6 Å². The molecule has 170 valence electrons. The highest BCUT2D eigenvalue weighted by Crippen LogP contribution is 2.44. The van der Waals surface area contributed by atoms with Crippen molar-refractivity contribution in [3.8, 4) is 17.6 Å². The van der Waals surface area contributed by atoms with Gasteiger partial charge in [0.05, 0.1) is 5.56 Å². The fourth-order valence-corrected chi connectivity index (χ4v) is 5.39. The first-order valence-corrected chi connectivity index (χ1v) is 12.2. The second kappa shape index (κ2) is 10.2. The molecule has 2 aromatic carbocycles. The van der Waals surface area contributed by atoms with Crippen molar-refractivity contribution in [2.75, 3.05) is 13.2 Å². The van der Waals surface area contributed by atoms with Gasteiger partial charge in [0.2, 0.25) is 0 Å². The molecule has 5 heteroatoms. The van der Waals surface area contributed by atoms with Crippen molar-refractivity contribution in [1.29, 1.82) is 5.26 Å². The number of rotatable bonds is 7. The Morgan fingerprint density at radius 2 is 1.79 bits per heavy atom. The van der Waals surface area contributed by atoms with Crippen LogP contribution in [0.25, 0.3) is 0 Å². The van der Waals surface area contributed by atoms with E-state index in [-0.39, 0.29) is 5.41 Å². The molecule has 0 aliphatic heterocycles. The Hall–Kier alpha value is -3.10. The zero-order valence-corrected chi connectivity index (χ0v) is 20.3. The first-order chi connectivity index (χ1) is 15.9. The molecule has 33 heavy (non-hydrogen) atoms. The summed E-state index contributed by atoms with van der Waals surface area (Å²) in [6.07, 6.45) is 4.98. The van der Waals surface area contributed by atoms with Crippen molar-refractivity contribution in [2.45, 2.75) is 40.0 Å². The summed E-state index contributed by atoms with van der Waals surface area (Å²) in [5.74, 6) is 2.25. The maximum absolute atomic E-state index is 9.78. The minimum atomic E-state index is 0.282. The van der Waals surface area contributed by atoms with Gasteiger partial charge in [-0.3, -0.25) is 0 Å². The number of ether oxygens (including phenoxy) is 2. The van der Waals surface area contributed by atoms with Gasteiger partial charge >= 0.3 is 0 Å². The summed E-state index contributed by atoms with van der Waals surface area (Å²) in [5, 5.41) is 10.6. The molecule has 3 aromatic rings. The Bertz CT molecular complexity index is 1150. The van der Waals surface area contributed by atoms with E-state index in [1.165, 1.54) is 10.4 Å². The minimum Gasteiger partial charge on any atom is -0.490 e. The molecule has 1 heterocycles. The molecular weight excluding hydrogens is 428 g/mol. The van der Waals surface area contributed by atoms with Gasteiger partial charge in [0, 0.05) is 11.1 Å². The lowest BCUT2D eigenvalue weighted by Crippen LogP contribution is -2.26. The van der Waals surface area contributed by atoms with Crippen LogP contribution in [-0.4, -0.2) is 19.4 Å². The fraction of sp³-hybridized carbons (Fsp3) is 0.357. The maximum Gasteiger partial charge on any atom is 0.134 e. The molecule has 0 spiro atoms. The van der Waals surface area contributed by atoms with E-state index in [2.05, 4.69) is 26.8 Å². The molecule has 0 N–H and O–H groups in total. The number of benzene rings is 2. The van der Waals surface area contributed by atoms with Gasteiger partial charge in [-0.15, -0.1) is 11.3 Å². The van der Waals surface area contributed by atoms with Crippen molar-refractivity contribution < 1.29 is 9.47 Å². The molecule has 0 unspecified atom stereocenters. The molecule has 0 fully saturated rings. The van der Waals surface area contributed by atoms with Crippen LogP contribution in [0.2, 0.25) is 0 Å². The Labute approximate surface area is 200 Å². The third kappa shape index (κ3) is 5.83. The van der Waals surface area contributed by atoms with Crippen molar-refractivity contribution in [1.82, 2.24) is 0 Å². The topological polar surface area (TPSA) is 54.6 Å². The molecule has 4 rings (SSSR count). The summed E-state index contributed by atoms with van der Waals surface area (Å²) in [4.78, 5) is 6.04. The van der Waals surface area contributed by atoms with Crippen molar-refractivity contribution in [3.63, 3.8) is 0 Å². The van der Waals surface area contributed by atoms with Crippen LogP contribution in [0.1, 0.15) is 48.8 Å². The fourth-order valence-electron chi connectivity index (χ4n) is 4.17. The Morgan fingerprint density at radius 1 is 1.06 bits per heavy atom. The van der Waals surface area contributed by atoms with E-state index in [0.717, 1.165) is 46.9 Å². The van der Waals surface area contributed by atoms with Crippen LogP contribution in [-0.2, 0) is 12.8 Å². The Kier molecular flexibility index (Phi) is 7.15. The lowest BCUT2D eigenvalue weighted by Gasteiger charge is -2.33. The number of aliphatic imine (C=N–C) groups is 1. The second-order valence-electron chi connectivity index (χ2n) is 9.44. The van der Waals surface area contributed by atoms with Crippen LogP contribution < -0.4 is 9.47 Å². The summed E-state index contributed by atoms with van der Waals surface area (Å²) >= 11 is 1.68. The van der Waals surface area contributed by atoms with Gasteiger partial charge in [0.1, 0.15) is 35.8 Å². The monoisotopic (exact) mass is 458 g/mol. The third-order valence-corrected chi connectivity index (χ3v) is 7.30. The molecule has 1 aliphatic rings. The van der Waals surface area contributed by atoms with Gasteiger partial charge in [0.25, 0.3) is 0 Å². The molecule has 0 saturated carbocycles. The highest BCUT2D eigenvalue weighted by atomic mass is 32.1. The maximum atomic E-state index is 9.78. The van der Waals surface area contributed by atoms with Gasteiger partial charge in [-0.05, 0) is 66.0 Å². The summed E-state index contributed by atoms with van der Waals surface area (Å²) in [6, 6.07) is 20.0. The van der Waals surface area contributed by atoms with E-state index >= 15 is 0 Å². The predicted octanol–water partition coefficient (Wildman–Crippen LogP) is 6.98. The van der Waals surface area contributed by atoms with E-state index in [4.69, 9.17) is 14.5 Å². The highest BCUT2D eigenvalue weighted by Gasteiger charge is 2.32. The quantitative estimate of drug-likeness (QED) is 0.283. The zero-order chi connectivity index (χ0) is 23.3. The van der Waals surface area contributed by atoms with Crippen LogP contribution in [0.15, 0.2) is 59.6 Å². The molecule has 0 bridgehead atoms. The van der Waals surface area contributed by atoms with Crippen LogP contribution in [0.5, 0.6) is 11.5 Å². The van der Waals surface area contributed by atoms with E-state index in [0.29, 0.717) is 19.1 Å². The van der Waals surface area contributed by atoms with Crippen molar-refractivity contribution in [2.24, 2.45) is 16.3 Å². The van der Waals surface area contributed by atoms with Crippen LogP contribution in [0, 0.1) is 22.7 Å². The molecular formula is C28H30N2O2S. The smallest absolute Gasteiger partial charge is 0.134 e. The highest BCUT2D eigenvalue weighted by molar-refractivity contribution is 7.16. The molecule has 1 aliphatic carbocycles. The average Bonchev–Trinajstić information content (AvgIpc) is 3.18. The second-order valence-corrected chi connectivity index (χ2v) is 10.5. The SMILES string of the molecule is CC(C)(C)[C@@H]1CCc2c(sc(N=Cc3cccc(OCCOc4ccccc4)c3)c2C#N)C1. The first kappa shape index (κ1) is 23.1. The van der Waals surface area contributed by atoms with E-state index < -0.39 is 0 Å². The number of hydrogen-bond donors (Lipinski definition) is 0. The molecule has 0 saturated heterocycles. The van der Waals surface area contributed by atoms with Crippen LogP contribution >= 0.6 is 11.3 Å². The molecule has 4 nitrogen and oxygen atoms in total. The van der Waals surface area contributed by atoms with Gasteiger partial charge in [-0.2, -0.15) is 5.26 Å². The molecule has 0 radical (unpaired) electrons. The predicted molar refractivity (Wildman–Crippen MR) is 135 cm³/mol. The van der Waals surface area contributed by atoms with Gasteiger partial charge in [-0.25, -0.2) is 4.99 Å². The van der Waals surface area contributed by atoms with Gasteiger partial charge < -0.3 is 9.47 Å². The standard InChI is InChI=1S/C28H30N2O2S/c1-28(2,3)21-12-13-24-25(18-29)27(33-26(24)17-21)30-19-20-8-7-11-23(16-20)32-15-14-31-22-9-5-4-6-10-22/h4-11,16,19,21H,12-15,17H2,1-3H3/t21-/m1/s1. The molecule has 1 atom stereocenters. The lowest BCUT2D eigenvalue weighted by atomic mass is 9.72. The number of para-hydroxylation sites is 1. The number of hydrogen-bond acceptors (Lipinski definition) is 5. The summed E-state index contributed by atoms with van der Waals surface area (Å²) in [7, 11) is 0. The largest absolute Gasteiger partial charge is 0.490 e. The van der Waals surface area contributed by atoms with Gasteiger partial charge in [-0.1, -0.05) is 51.1 Å². The van der Waals surface area contributed by atoms with Gasteiger partial charge in [0.15, 0.2) is 0 Å².